The van der Waals surface area contributed by atoms with Gasteiger partial charge >= 0.3 is 0 Å². The van der Waals surface area contributed by atoms with E-state index >= 15 is 0 Å². The number of amides is 1. The fourth-order valence-corrected chi connectivity index (χ4v) is 2.48. The second kappa shape index (κ2) is 8.60. The van der Waals surface area contributed by atoms with E-state index in [0.29, 0.717) is 5.56 Å². The van der Waals surface area contributed by atoms with Crippen molar-refractivity contribution >= 4 is 5.91 Å². The van der Waals surface area contributed by atoms with Crippen LogP contribution in [-0.2, 0) is 6.54 Å². The maximum Gasteiger partial charge on any atom is 0.274 e. The van der Waals surface area contributed by atoms with Gasteiger partial charge in [0.25, 0.3) is 5.91 Å². The van der Waals surface area contributed by atoms with E-state index in [1.165, 1.54) is 0 Å². The molecule has 0 spiro atoms. The molecule has 0 atom stereocenters. The van der Waals surface area contributed by atoms with Crippen molar-refractivity contribution in [3.8, 4) is 0 Å². The minimum atomic E-state index is -0.489. The zero-order valence-electron chi connectivity index (χ0n) is 13.0. The van der Waals surface area contributed by atoms with Crippen molar-refractivity contribution in [1.29, 1.82) is 0 Å². The van der Waals surface area contributed by atoms with Crippen LogP contribution < -0.4 is 10.8 Å². The molecule has 0 aliphatic carbocycles. The van der Waals surface area contributed by atoms with Crippen molar-refractivity contribution in [2.45, 2.75) is 39.7 Å². The minimum Gasteiger partial charge on any atom is -0.312 e. The van der Waals surface area contributed by atoms with Crippen LogP contribution in [0.15, 0.2) is 36.9 Å². The predicted octanol–water partition coefficient (Wildman–Crippen LogP) is 3.28. The summed E-state index contributed by atoms with van der Waals surface area (Å²) in [5, 5.41) is 12.1. The van der Waals surface area contributed by atoms with Gasteiger partial charge in [-0.25, -0.2) is 5.48 Å². The lowest BCUT2D eigenvalue weighted by Gasteiger charge is -2.31. The van der Waals surface area contributed by atoms with Crippen LogP contribution in [0.5, 0.6) is 0 Å². The molecule has 4 nitrogen and oxygen atoms in total. The second-order valence-electron chi connectivity index (χ2n) is 5.44. The Bertz CT molecular complexity index is 450. The molecule has 0 saturated heterocycles. The van der Waals surface area contributed by atoms with E-state index in [0.717, 1.165) is 37.9 Å². The van der Waals surface area contributed by atoms with Gasteiger partial charge in [0.2, 0.25) is 0 Å². The SMILES string of the molecule is C=CCC(CC)(CC)CNCc1ccc(C(=O)NO)cc1. The zero-order chi connectivity index (χ0) is 15.7. The lowest BCUT2D eigenvalue weighted by molar-refractivity contribution is 0.0706. The summed E-state index contributed by atoms with van der Waals surface area (Å²) < 4.78 is 0. The Labute approximate surface area is 127 Å². The summed E-state index contributed by atoms with van der Waals surface area (Å²) in [5.74, 6) is -0.489. The molecule has 1 rings (SSSR count). The van der Waals surface area contributed by atoms with E-state index in [2.05, 4.69) is 25.7 Å². The van der Waals surface area contributed by atoms with Crippen LogP contribution in [0.3, 0.4) is 0 Å². The Hall–Kier alpha value is -1.65. The third-order valence-electron chi connectivity index (χ3n) is 4.22. The first kappa shape index (κ1) is 17.4. The number of hydrogen-bond donors (Lipinski definition) is 3. The molecule has 0 saturated carbocycles. The first-order chi connectivity index (χ1) is 10.1. The van der Waals surface area contributed by atoms with Gasteiger partial charge in [0.15, 0.2) is 0 Å². The van der Waals surface area contributed by atoms with Gasteiger partial charge in [0, 0.05) is 18.7 Å². The number of carbonyl (C=O) groups excluding carboxylic acids is 1. The van der Waals surface area contributed by atoms with E-state index in [1.807, 2.05) is 18.2 Å². The molecule has 1 aromatic carbocycles. The summed E-state index contributed by atoms with van der Waals surface area (Å²) in [5.41, 5.74) is 3.47. The summed E-state index contributed by atoms with van der Waals surface area (Å²) in [4.78, 5) is 11.2. The van der Waals surface area contributed by atoms with Gasteiger partial charge in [0.05, 0.1) is 0 Å². The third kappa shape index (κ3) is 4.99. The Balaban J connectivity index is 2.55. The van der Waals surface area contributed by atoms with Gasteiger partial charge in [0.1, 0.15) is 0 Å². The maximum absolute atomic E-state index is 11.2. The van der Waals surface area contributed by atoms with Crippen LogP contribution in [0.2, 0.25) is 0 Å². The monoisotopic (exact) mass is 290 g/mol. The highest BCUT2D eigenvalue weighted by Crippen LogP contribution is 2.30. The topological polar surface area (TPSA) is 61.4 Å². The molecule has 4 heteroatoms. The van der Waals surface area contributed by atoms with E-state index in [-0.39, 0.29) is 5.41 Å². The maximum atomic E-state index is 11.2. The molecule has 0 unspecified atom stereocenters. The summed E-state index contributed by atoms with van der Waals surface area (Å²) >= 11 is 0. The average molecular weight is 290 g/mol. The highest BCUT2D eigenvalue weighted by molar-refractivity contribution is 5.93. The van der Waals surface area contributed by atoms with Gasteiger partial charge in [-0.1, -0.05) is 32.1 Å². The summed E-state index contributed by atoms with van der Waals surface area (Å²) in [6, 6.07) is 7.20. The summed E-state index contributed by atoms with van der Waals surface area (Å²) in [6.07, 6.45) is 5.26. The zero-order valence-corrected chi connectivity index (χ0v) is 13.0. The minimum absolute atomic E-state index is 0.276. The number of hydrogen-bond acceptors (Lipinski definition) is 3. The summed E-state index contributed by atoms with van der Waals surface area (Å²) in [7, 11) is 0. The van der Waals surface area contributed by atoms with Crippen LogP contribution >= 0.6 is 0 Å². The first-order valence-corrected chi connectivity index (χ1v) is 7.45. The Kier molecular flexibility index (Phi) is 7.12. The van der Waals surface area contributed by atoms with E-state index in [9.17, 15) is 4.79 Å². The van der Waals surface area contributed by atoms with Crippen molar-refractivity contribution < 1.29 is 10.0 Å². The molecule has 21 heavy (non-hydrogen) atoms. The fraction of sp³-hybridized carbons (Fsp3) is 0.471. The number of benzene rings is 1. The molecule has 0 heterocycles. The Morgan fingerprint density at radius 3 is 2.38 bits per heavy atom. The van der Waals surface area contributed by atoms with Gasteiger partial charge < -0.3 is 5.32 Å². The molecule has 1 amide bonds. The molecule has 0 fully saturated rings. The lowest BCUT2D eigenvalue weighted by atomic mass is 9.79. The van der Waals surface area contributed by atoms with Crippen LogP contribution in [0, 0.1) is 5.41 Å². The molecule has 1 aromatic rings. The second-order valence-corrected chi connectivity index (χ2v) is 5.44. The smallest absolute Gasteiger partial charge is 0.274 e. The molecule has 0 aliphatic rings. The van der Waals surface area contributed by atoms with Gasteiger partial charge in [-0.3, -0.25) is 10.0 Å². The molecule has 0 aliphatic heterocycles. The standard InChI is InChI=1S/C17H26N2O2/c1-4-11-17(5-2,6-3)13-18-12-14-7-9-15(10-8-14)16(20)19-21/h4,7-10,18,21H,1,5-6,11-13H2,2-3H3,(H,19,20). The van der Waals surface area contributed by atoms with Crippen molar-refractivity contribution in [3.05, 3.63) is 48.0 Å². The van der Waals surface area contributed by atoms with E-state index in [1.54, 1.807) is 17.6 Å². The molecule has 0 radical (unpaired) electrons. The van der Waals surface area contributed by atoms with Gasteiger partial charge in [-0.15, -0.1) is 6.58 Å². The highest BCUT2D eigenvalue weighted by atomic mass is 16.5. The molecular formula is C17H26N2O2. The molecule has 3 N–H and O–H groups in total. The van der Waals surface area contributed by atoms with Crippen LogP contribution in [0.1, 0.15) is 49.0 Å². The van der Waals surface area contributed by atoms with Crippen molar-refractivity contribution in [2.24, 2.45) is 5.41 Å². The number of hydroxylamine groups is 1. The quantitative estimate of drug-likeness (QED) is 0.371. The van der Waals surface area contributed by atoms with Crippen molar-refractivity contribution in [1.82, 2.24) is 10.8 Å². The number of rotatable bonds is 9. The van der Waals surface area contributed by atoms with E-state index < -0.39 is 5.91 Å². The number of carbonyl (C=O) groups is 1. The van der Waals surface area contributed by atoms with Crippen molar-refractivity contribution in [2.75, 3.05) is 6.54 Å². The average Bonchev–Trinajstić information content (AvgIpc) is 2.54. The number of nitrogens with one attached hydrogen (secondary N) is 2. The Morgan fingerprint density at radius 1 is 1.29 bits per heavy atom. The number of allylic oxidation sites excluding steroid dienone is 1. The lowest BCUT2D eigenvalue weighted by Crippen LogP contribution is -2.32. The van der Waals surface area contributed by atoms with Gasteiger partial charge in [-0.05, 0) is 42.4 Å². The Morgan fingerprint density at radius 2 is 1.90 bits per heavy atom. The van der Waals surface area contributed by atoms with Crippen LogP contribution in [0.25, 0.3) is 0 Å². The van der Waals surface area contributed by atoms with Gasteiger partial charge in [-0.2, -0.15) is 0 Å². The van der Waals surface area contributed by atoms with Crippen molar-refractivity contribution in [3.63, 3.8) is 0 Å². The molecule has 0 bridgehead atoms. The normalized spacial score (nSPS) is 11.2. The molecule has 116 valence electrons. The summed E-state index contributed by atoms with van der Waals surface area (Å²) in [6.45, 7) is 10.0. The van der Waals surface area contributed by atoms with Crippen LogP contribution in [-0.4, -0.2) is 17.7 Å². The third-order valence-corrected chi connectivity index (χ3v) is 4.22. The fourth-order valence-electron chi connectivity index (χ4n) is 2.48. The largest absolute Gasteiger partial charge is 0.312 e. The predicted molar refractivity (Wildman–Crippen MR) is 85.2 cm³/mol. The highest BCUT2D eigenvalue weighted by Gasteiger charge is 2.23. The van der Waals surface area contributed by atoms with E-state index in [4.69, 9.17) is 5.21 Å². The molecular weight excluding hydrogens is 264 g/mol. The molecule has 0 aromatic heterocycles. The van der Waals surface area contributed by atoms with Crippen LogP contribution in [0.4, 0.5) is 0 Å². The first-order valence-electron chi connectivity index (χ1n) is 7.45.